The summed E-state index contributed by atoms with van der Waals surface area (Å²) in [5, 5.41) is 0. The highest BCUT2D eigenvalue weighted by Gasteiger charge is 2.43. The third kappa shape index (κ3) is 3.60. The molecule has 2 nitrogen and oxygen atoms in total. The van der Waals surface area contributed by atoms with Crippen molar-refractivity contribution in [3.63, 3.8) is 0 Å². The lowest BCUT2D eigenvalue weighted by molar-refractivity contribution is -0.142. The van der Waals surface area contributed by atoms with Gasteiger partial charge in [-0.3, -0.25) is 4.79 Å². The number of esters is 1. The van der Waals surface area contributed by atoms with Crippen LogP contribution in [0.5, 0.6) is 5.75 Å². The van der Waals surface area contributed by atoms with Crippen molar-refractivity contribution in [3.05, 3.63) is 90.0 Å². The van der Waals surface area contributed by atoms with Crippen LogP contribution in [0.3, 0.4) is 0 Å². The molecule has 0 aliphatic heterocycles. The molecule has 0 amide bonds. The van der Waals surface area contributed by atoms with E-state index in [4.69, 9.17) is 4.74 Å². The van der Waals surface area contributed by atoms with Gasteiger partial charge in [-0.2, -0.15) is 0 Å². The molecule has 0 N–H and O–H groups in total. The van der Waals surface area contributed by atoms with Gasteiger partial charge >= 0.3 is 5.97 Å². The second-order valence-corrected chi connectivity index (χ2v) is 7.74. The molecule has 0 radical (unpaired) electrons. The van der Waals surface area contributed by atoms with Crippen LogP contribution in [0.15, 0.2) is 78.9 Å². The Morgan fingerprint density at radius 3 is 2.04 bits per heavy atom. The van der Waals surface area contributed by atoms with Crippen molar-refractivity contribution < 1.29 is 9.53 Å². The second kappa shape index (κ2) is 8.02. The number of ether oxygens (including phenoxy) is 1. The molecule has 0 heterocycles. The summed E-state index contributed by atoms with van der Waals surface area (Å²) in [6.07, 6.45) is 5.00. The van der Waals surface area contributed by atoms with Gasteiger partial charge in [0.25, 0.3) is 0 Å². The zero-order valence-corrected chi connectivity index (χ0v) is 16.4. The number of carbonyl (C=O) groups excluding carboxylic acids is 1. The molecule has 1 aliphatic carbocycles. The van der Waals surface area contributed by atoms with Gasteiger partial charge in [0.1, 0.15) is 5.75 Å². The third-order valence-electron chi connectivity index (χ3n) is 5.94. The normalized spacial score (nSPS) is 15.8. The molecule has 1 saturated carbocycles. The zero-order chi connectivity index (χ0) is 19.4. The fourth-order valence-corrected chi connectivity index (χ4v) is 4.25. The maximum absolute atomic E-state index is 13.4. The van der Waals surface area contributed by atoms with E-state index in [0.29, 0.717) is 5.75 Å². The first-order valence-electron chi connectivity index (χ1n) is 10.1. The number of rotatable bonds is 4. The lowest BCUT2D eigenvalue weighted by Gasteiger charge is -2.35. The van der Waals surface area contributed by atoms with Crippen molar-refractivity contribution in [1.29, 1.82) is 0 Å². The Hall–Kier alpha value is -2.87. The predicted octanol–water partition coefficient (Wildman–Crippen LogP) is 6.47. The SMILES string of the molecule is Cc1ccccc1OC(=O)C1(c2ccc(-c3ccccc3)cc2)CCCCC1. The van der Waals surface area contributed by atoms with Gasteiger partial charge in [-0.1, -0.05) is 92.1 Å². The third-order valence-corrected chi connectivity index (χ3v) is 5.94. The van der Waals surface area contributed by atoms with Crippen LogP contribution in [-0.4, -0.2) is 5.97 Å². The van der Waals surface area contributed by atoms with Gasteiger partial charge in [-0.15, -0.1) is 0 Å². The summed E-state index contributed by atoms with van der Waals surface area (Å²) in [7, 11) is 0. The van der Waals surface area contributed by atoms with E-state index in [1.807, 2.05) is 49.4 Å². The average Bonchev–Trinajstić information content (AvgIpc) is 2.76. The molecule has 0 spiro atoms. The first-order chi connectivity index (χ1) is 13.7. The molecule has 1 aliphatic rings. The molecule has 3 aromatic rings. The first-order valence-corrected chi connectivity index (χ1v) is 10.1. The molecule has 1 fully saturated rings. The fraction of sp³-hybridized carbons (Fsp3) is 0.269. The van der Waals surface area contributed by atoms with E-state index in [0.717, 1.165) is 36.8 Å². The largest absolute Gasteiger partial charge is 0.426 e. The Morgan fingerprint density at radius 2 is 1.36 bits per heavy atom. The lowest BCUT2D eigenvalue weighted by atomic mass is 9.69. The summed E-state index contributed by atoms with van der Waals surface area (Å²) in [6, 6.07) is 26.6. The van der Waals surface area contributed by atoms with Crippen LogP contribution in [0.1, 0.15) is 43.2 Å². The summed E-state index contributed by atoms with van der Waals surface area (Å²) >= 11 is 0. The Morgan fingerprint density at radius 1 is 0.750 bits per heavy atom. The van der Waals surface area contributed by atoms with Crippen LogP contribution in [0.4, 0.5) is 0 Å². The van der Waals surface area contributed by atoms with Gasteiger partial charge < -0.3 is 4.74 Å². The van der Waals surface area contributed by atoms with Gasteiger partial charge in [0.15, 0.2) is 0 Å². The molecule has 0 unspecified atom stereocenters. The summed E-state index contributed by atoms with van der Waals surface area (Å²) in [5.41, 5.74) is 3.87. The number of hydrogen-bond donors (Lipinski definition) is 0. The van der Waals surface area contributed by atoms with Crippen molar-refractivity contribution in [2.45, 2.75) is 44.4 Å². The van der Waals surface area contributed by atoms with Gasteiger partial charge in [0, 0.05) is 0 Å². The van der Waals surface area contributed by atoms with Crippen LogP contribution in [0.25, 0.3) is 11.1 Å². The molecule has 2 heteroatoms. The van der Waals surface area contributed by atoms with E-state index in [1.165, 1.54) is 17.5 Å². The number of aryl methyl sites for hydroxylation is 1. The first kappa shape index (κ1) is 18.5. The van der Waals surface area contributed by atoms with Crippen molar-refractivity contribution in [3.8, 4) is 16.9 Å². The maximum atomic E-state index is 13.4. The topological polar surface area (TPSA) is 26.3 Å². The number of benzene rings is 3. The van der Waals surface area contributed by atoms with Crippen molar-refractivity contribution >= 4 is 5.97 Å². The molecule has 4 rings (SSSR count). The second-order valence-electron chi connectivity index (χ2n) is 7.74. The minimum atomic E-state index is -0.546. The molecule has 3 aromatic carbocycles. The number of para-hydroxylation sites is 1. The Labute approximate surface area is 167 Å². The van der Waals surface area contributed by atoms with E-state index in [1.54, 1.807) is 0 Å². The highest BCUT2D eigenvalue weighted by atomic mass is 16.5. The Balaban J connectivity index is 1.65. The highest BCUT2D eigenvalue weighted by Crippen LogP contribution is 2.41. The smallest absolute Gasteiger partial charge is 0.321 e. The van der Waals surface area contributed by atoms with E-state index in [-0.39, 0.29) is 5.97 Å². The minimum Gasteiger partial charge on any atom is -0.426 e. The van der Waals surface area contributed by atoms with E-state index >= 15 is 0 Å². The van der Waals surface area contributed by atoms with Crippen molar-refractivity contribution in [2.24, 2.45) is 0 Å². The van der Waals surface area contributed by atoms with Crippen LogP contribution in [-0.2, 0) is 10.2 Å². The minimum absolute atomic E-state index is 0.117. The molecule has 142 valence electrons. The summed E-state index contributed by atoms with van der Waals surface area (Å²) in [6.45, 7) is 1.98. The summed E-state index contributed by atoms with van der Waals surface area (Å²) in [4.78, 5) is 13.4. The molecular weight excluding hydrogens is 344 g/mol. The van der Waals surface area contributed by atoms with Crippen molar-refractivity contribution in [2.75, 3.05) is 0 Å². The van der Waals surface area contributed by atoms with Gasteiger partial charge in [0.2, 0.25) is 0 Å². The van der Waals surface area contributed by atoms with E-state index in [2.05, 4.69) is 36.4 Å². The molecule has 28 heavy (non-hydrogen) atoms. The molecule has 0 bridgehead atoms. The zero-order valence-electron chi connectivity index (χ0n) is 16.4. The monoisotopic (exact) mass is 370 g/mol. The summed E-state index contributed by atoms with van der Waals surface area (Å²) < 4.78 is 5.92. The number of hydrogen-bond acceptors (Lipinski definition) is 2. The fourth-order valence-electron chi connectivity index (χ4n) is 4.25. The van der Waals surface area contributed by atoms with E-state index < -0.39 is 5.41 Å². The average molecular weight is 370 g/mol. The molecule has 0 saturated heterocycles. The Kier molecular flexibility index (Phi) is 5.29. The van der Waals surface area contributed by atoms with Crippen molar-refractivity contribution in [1.82, 2.24) is 0 Å². The maximum Gasteiger partial charge on any atom is 0.321 e. The Bertz CT molecular complexity index is 936. The number of carbonyl (C=O) groups is 1. The molecule has 0 aromatic heterocycles. The van der Waals surface area contributed by atoms with Gasteiger partial charge in [-0.05, 0) is 48.1 Å². The van der Waals surface area contributed by atoms with Gasteiger partial charge in [-0.25, -0.2) is 0 Å². The predicted molar refractivity (Wildman–Crippen MR) is 113 cm³/mol. The van der Waals surface area contributed by atoms with Gasteiger partial charge in [0.05, 0.1) is 5.41 Å². The lowest BCUT2D eigenvalue weighted by Crippen LogP contribution is -2.41. The molecular formula is C26H26O2. The van der Waals surface area contributed by atoms with Crippen LogP contribution in [0.2, 0.25) is 0 Å². The summed E-state index contributed by atoms with van der Waals surface area (Å²) in [5.74, 6) is 0.548. The molecule has 0 atom stereocenters. The van der Waals surface area contributed by atoms with Crippen LogP contribution in [0, 0.1) is 6.92 Å². The highest BCUT2D eigenvalue weighted by molar-refractivity contribution is 5.85. The quantitative estimate of drug-likeness (QED) is 0.389. The van der Waals surface area contributed by atoms with Crippen LogP contribution < -0.4 is 4.74 Å². The van der Waals surface area contributed by atoms with Crippen LogP contribution >= 0.6 is 0 Å². The standard InChI is InChI=1S/C26H26O2/c1-20-10-6-7-13-24(20)28-25(27)26(18-8-3-9-19-26)23-16-14-22(15-17-23)21-11-4-2-5-12-21/h2,4-7,10-17H,3,8-9,18-19H2,1H3. The van der Waals surface area contributed by atoms with E-state index in [9.17, 15) is 4.79 Å².